The Hall–Kier alpha value is -1.13. The lowest BCUT2D eigenvalue weighted by atomic mass is 10.3. The van der Waals surface area contributed by atoms with E-state index in [0.717, 1.165) is 9.53 Å². The Balaban J connectivity index is 2.67. The van der Waals surface area contributed by atoms with Gasteiger partial charge in [0.2, 0.25) is 0 Å². The Morgan fingerprint density at radius 2 is 2.00 bits per heavy atom. The molecule has 0 spiro atoms. The monoisotopic (exact) mass is 207 g/mol. The van der Waals surface area contributed by atoms with Crippen LogP contribution in [0.3, 0.4) is 0 Å². The van der Waals surface area contributed by atoms with Crippen LogP contribution < -0.4 is 4.87 Å². The maximum Gasteiger partial charge on any atom is 0.306 e. The van der Waals surface area contributed by atoms with Gasteiger partial charge in [-0.15, -0.1) is 11.3 Å². The molecule has 0 aliphatic heterocycles. The maximum atomic E-state index is 11.1. The summed E-state index contributed by atoms with van der Waals surface area (Å²) in [5.74, 6) is 0. The SMILES string of the molecule is O=c1[nH]c2sc3ccccc3c2s1. The molecule has 0 saturated heterocycles. The van der Waals surface area contributed by atoms with Gasteiger partial charge in [-0.05, 0) is 6.07 Å². The lowest BCUT2D eigenvalue weighted by Gasteiger charge is -1.84. The summed E-state index contributed by atoms with van der Waals surface area (Å²) in [7, 11) is 0. The van der Waals surface area contributed by atoms with E-state index in [4.69, 9.17) is 0 Å². The van der Waals surface area contributed by atoms with Crippen LogP contribution in [0.25, 0.3) is 19.6 Å². The van der Waals surface area contributed by atoms with Gasteiger partial charge in [-0.25, -0.2) is 0 Å². The van der Waals surface area contributed by atoms with Crippen LogP contribution in [0, 0.1) is 0 Å². The quantitative estimate of drug-likeness (QED) is 0.604. The third-order valence-electron chi connectivity index (χ3n) is 1.96. The predicted molar refractivity (Wildman–Crippen MR) is 57.8 cm³/mol. The molecule has 1 N–H and O–H groups in total. The molecule has 0 radical (unpaired) electrons. The van der Waals surface area contributed by atoms with Crippen molar-refractivity contribution in [3.8, 4) is 0 Å². The van der Waals surface area contributed by atoms with Crippen LogP contribution in [-0.2, 0) is 0 Å². The molecule has 0 aliphatic carbocycles. The second-order valence-electron chi connectivity index (χ2n) is 2.77. The maximum absolute atomic E-state index is 11.1. The average molecular weight is 207 g/mol. The minimum absolute atomic E-state index is 0.0343. The van der Waals surface area contributed by atoms with Crippen LogP contribution >= 0.6 is 22.7 Å². The molecular formula is C9H5NOS2. The minimum Gasteiger partial charge on any atom is -0.304 e. The Morgan fingerprint density at radius 3 is 2.92 bits per heavy atom. The first-order valence-corrected chi connectivity index (χ1v) is 5.48. The van der Waals surface area contributed by atoms with E-state index >= 15 is 0 Å². The standard InChI is InChI=1S/C9H5NOS2/c11-9-10-8-7(13-9)5-3-1-2-4-6(5)12-8/h1-4H,(H,10,11). The summed E-state index contributed by atoms with van der Waals surface area (Å²) >= 11 is 2.92. The van der Waals surface area contributed by atoms with Crippen LogP contribution in [0.2, 0.25) is 0 Å². The Bertz CT molecular complexity index is 631. The van der Waals surface area contributed by atoms with Crippen LogP contribution in [0.15, 0.2) is 29.1 Å². The Labute approximate surface area is 81.5 Å². The number of thiophene rings is 1. The fraction of sp³-hybridized carbons (Fsp3) is 0. The van der Waals surface area contributed by atoms with E-state index in [9.17, 15) is 4.79 Å². The van der Waals surface area contributed by atoms with E-state index in [2.05, 4.69) is 17.1 Å². The number of hydrogen-bond acceptors (Lipinski definition) is 3. The molecule has 13 heavy (non-hydrogen) atoms. The molecule has 0 bridgehead atoms. The van der Waals surface area contributed by atoms with Crippen molar-refractivity contribution in [3.05, 3.63) is 33.9 Å². The number of H-pyrrole nitrogens is 1. The van der Waals surface area contributed by atoms with E-state index < -0.39 is 0 Å². The van der Waals surface area contributed by atoms with Crippen molar-refractivity contribution < 1.29 is 0 Å². The Kier molecular flexibility index (Phi) is 1.36. The van der Waals surface area contributed by atoms with Crippen molar-refractivity contribution in [3.63, 3.8) is 0 Å². The van der Waals surface area contributed by atoms with E-state index in [-0.39, 0.29) is 4.87 Å². The van der Waals surface area contributed by atoms with E-state index in [1.54, 1.807) is 11.3 Å². The number of fused-ring (bicyclic) bond motifs is 3. The number of nitrogens with one attached hydrogen (secondary N) is 1. The van der Waals surface area contributed by atoms with Crippen molar-refractivity contribution in [1.29, 1.82) is 0 Å². The zero-order chi connectivity index (χ0) is 8.84. The number of aromatic amines is 1. The Morgan fingerprint density at radius 1 is 1.15 bits per heavy atom. The van der Waals surface area contributed by atoms with Crippen molar-refractivity contribution in [2.45, 2.75) is 0 Å². The van der Waals surface area contributed by atoms with Crippen molar-refractivity contribution >= 4 is 42.3 Å². The van der Waals surface area contributed by atoms with Gasteiger partial charge in [0.05, 0.1) is 4.70 Å². The van der Waals surface area contributed by atoms with Crippen LogP contribution in [0.5, 0.6) is 0 Å². The second-order valence-corrected chi connectivity index (χ2v) is 4.81. The smallest absolute Gasteiger partial charge is 0.304 e. The fourth-order valence-corrected chi connectivity index (χ4v) is 3.56. The lowest BCUT2D eigenvalue weighted by molar-refractivity contribution is 1.43. The van der Waals surface area contributed by atoms with Gasteiger partial charge in [0.25, 0.3) is 0 Å². The van der Waals surface area contributed by atoms with E-state index in [1.165, 1.54) is 21.4 Å². The molecule has 0 atom stereocenters. The molecule has 0 aliphatic rings. The average Bonchev–Trinajstić information content (AvgIpc) is 2.60. The fourth-order valence-electron chi connectivity index (χ4n) is 1.42. The normalized spacial score (nSPS) is 11.4. The van der Waals surface area contributed by atoms with Gasteiger partial charge in [0.1, 0.15) is 4.83 Å². The number of rotatable bonds is 0. The van der Waals surface area contributed by atoms with Crippen molar-refractivity contribution in [2.75, 3.05) is 0 Å². The highest BCUT2D eigenvalue weighted by molar-refractivity contribution is 7.31. The molecule has 4 heteroatoms. The summed E-state index contributed by atoms with van der Waals surface area (Å²) in [4.78, 5) is 14.9. The number of benzene rings is 1. The van der Waals surface area contributed by atoms with Gasteiger partial charge in [-0.1, -0.05) is 29.5 Å². The third-order valence-corrected chi connectivity index (χ3v) is 4.09. The molecule has 3 rings (SSSR count). The largest absolute Gasteiger partial charge is 0.306 e. The first kappa shape index (κ1) is 7.29. The third kappa shape index (κ3) is 0.959. The minimum atomic E-state index is 0.0343. The molecule has 0 fully saturated rings. The highest BCUT2D eigenvalue weighted by Crippen LogP contribution is 2.33. The second kappa shape index (κ2) is 2.43. The van der Waals surface area contributed by atoms with Crippen molar-refractivity contribution in [1.82, 2.24) is 4.98 Å². The number of aromatic nitrogens is 1. The molecule has 2 nitrogen and oxygen atoms in total. The van der Waals surface area contributed by atoms with Gasteiger partial charge < -0.3 is 4.98 Å². The molecular weight excluding hydrogens is 202 g/mol. The first-order valence-electron chi connectivity index (χ1n) is 3.85. The molecule has 1 aromatic carbocycles. The molecule has 0 amide bonds. The van der Waals surface area contributed by atoms with Gasteiger partial charge in [-0.3, -0.25) is 4.79 Å². The zero-order valence-electron chi connectivity index (χ0n) is 6.53. The molecule has 2 heterocycles. The topological polar surface area (TPSA) is 32.9 Å². The van der Waals surface area contributed by atoms with Crippen LogP contribution in [0.1, 0.15) is 0 Å². The van der Waals surface area contributed by atoms with E-state index in [1.807, 2.05) is 12.1 Å². The molecule has 2 aromatic heterocycles. The van der Waals surface area contributed by atoms with Gasteiger partial charge in [-0.2, -0.15) is 0 Å². The molecule has 64 valence electrons. The molecule has 0 saturated carbocycles. The number of thiazole rings is 1. The highest BCUT2D eigenvalue weighted by Gasteiger charge is 2.06. The van der Waals surface area contributed by atoms with Gasteiger partial charge in [0, 0.05) is 10.1 Å². The number of hydrogen-bond donors (Lipinski definition) is 1. The molecule has 3 aromatic rings. The van der Waals surface area contributed by atoms with Crippen LogP contribution in [-0.4, -0.2) is 4.98 Å². The summed E-state index contributed by atoms with van der Waals surface area (Å²) in [5.41, 5.74) is 0. The lowest BCUT2D eigenvalue weighted by Crippen LogP contribution is -1.88. The summed E-state index contributed by atoms with van der Waals surface area (Å²) in [6.07, 6.45) is 0. The summed E-state index contributed by atoms with van der Waals surface area (Å²) < 4.78 is 2.32. The van der Waals surface area contributed by atoms with Crippen molar-refractivity contribution in [2.24, 2.45) is 0 Å². The first-order chi connectivity index (χ1) is 6.34. The van der Waals surface area contributed by atoms with E-state index in [0.29, 0.717) is 0 Å². The summed E-state index contributed by atoms with van der Waals surface area (Å²) in [5, 5.41) is 1.19. The van der Waals surface area contributed by atoms with Gasteiger partial charge >= 0.3 is 4.87 Å². The van der Waals surface area contributed by atoms with Gasteiger partial charge in [0.15, 0.2) is 0 Å². The highest BCUT2D eigenvalue weighted by atomic mass is 32.1. The van der Waals surface area contributed by atoms with Crippen LogP contribution in [0.4, 0.5) is 0 Å². The summed E-state index contributed by atoms with van der Waals surface area (Å²) in [6, 6.07) is 8.14. The molecule has 0 unspecified atom stereocenters. The zero-order valence-corrected chi connectivity index (χ0v) is 8.17. The predicted octanol–water partition coefficient (Wildman–Crippen LogP) is 2.80. The summed E-state index contributed by atoms with van der Waals surface area (Å²) in [6.45, 7) is 0.